The van der Waals surface area contributed by atoms with Gasteiger partial charge in [0, 0.05) is 20.4 Å². The molecule has 0 bridgehead atoms. The van der Waals surface area contributed by atoms with Crippen LogP contribution in [0.3, 0.4) is 0 Å². The third kappa shape index (κ3) is 8.45. The molecule has 0 radical (unpaired) electrons. The van der Waals surface area contributed by atoms with Gasteiger partial charge in [-0.05, 0) is 19.2 Å². The smallest absolute Gasteiger partial charge is 0.305 e. The normalized spacial score (nSPS) is 11.2. The fraction of sp³-hybridized carbons (Fsp3) is 0.667. The first kappa shape index (κ1) is 15.6. The quantitative estimate of drug-likeness (QED) is 0.383. The number of carbonyl (C=O) groups excluding carboxylic acids is 2. The molecule has 0 aliphatic carbocycles. The molecule has 0 amide bonds. The van der Waals surface area contributed by atoms with Crippen LogP contribution in [0.5, 0.6) is 0 Å². The zero-order chi connectivity index (χ0) is 13.3. The summed E-state index contributed by atoms with van der Waals surface area (Å²) in [6.07, 6.45) is 2.46. The van der Waals surface area contributed by atoms with E-state index < -0.39 is 18.2 Å². The Morgan fingerprint density at radius 1 is 1.12 bits per heavy atom. The van der Waals surface area contributed by atoms with Gasteiger partial charge in [0.25, 0.3) is 6.29 Å². The van der Waals surface area contributed by atoms with Crippen molar-refractivity contribution >= 4 is 11.9 Å². The molecule has 0 aromatic carbocycles. The predicted octanol–water partition coefficient (Wildman–Crippen LogP) is 1.34. The second-order valence-corrected chi connectivity index (χ2v) is 3.50. The second-order valence-electron chi connectivity index (χ2n) is 3.50. The first-order valence-corrected chi connectivity index (χ1v) is 5.73. The van der Waals surface area contributed by atoms with Crippen molar-refractivity contribution in [1.29, 1.82) is 0 Å². The average Bonchev–Trinajstić information content (AvgIpc) is 2.22. The number of esters is 2. The molecule has 0 aromatic heterocycles. The van der Waals surface area contributed by atoms with Crippen molar-refractivity contribution in [3.05, 3.63) is 12.2 Å². The van der Waals surface area contributed by atoms with E-state index in [1.54, 1.807) is 6.08 Å². The Hall–Kier alpha value is -1.36. The largest absolute Gasteiger partial charge is 0.421 e. The Morgan fingerprint density at radius 3 is 1.94 bits per heavy atom. The highest BCUT2D eigenvalue weighted by Crippen LogP contribution is 1.99. The SMILES string of the molecule is CCN(CC)CC=CC(OC(C)=O)OC(C)=O. The molecule has 0 atom stereocenters. The lowest BCUT2D eigenvalue weighted by atomic mass is 10.4. The molecule has 0 aliphatic heterocycles. The minimum atomic E-state index is -0.930. The van der Waals surface area contributed by atoms with Gasteiger partial charge in [-0.25, -0.2) is 0 Å². The van der Waals surface area contributed by atoms with E-state index in [1.165, 1.54) is 13.8 Å². The van der Waals surface area contributed by atoms with Crippen LogP contribution in [0.1, 0.15) is 27.7 Å². The van der Waals surface area contributed by atoms with Crippen LogP contribution in [-0.4, -0.2) is 42.8 Å². The number of likely N-dealkylation sites (N-methyl/N-ethyl adjacent to an activating group) is 1. The van der Waals surface area contributed by atoms with E-state index in [-0.39, 0.29) is 0 Å². The highest BCUT2D eigenvalue weighted by Gasteiger charge is 2.10. The summed E-state index contributed by atoms with van der Waals surface area (Å²) in [6.45, 7) is 9.27. The van der Waals surface area contributed by atoms with Crippen LogP contribution in [0.2, 0.25) is 0 Å². The second kappa shape index (κ2) is 8.75. The molecule has 0 heterocycles. The predicted molar refractivity (Wildman–Crippen MR) is 64.2 cm³/mol. The van der Waals surface area contributed by atoms with Gasteiger partial charge >= 0.3 is 11.9 Å². The van der Waals surface area contributed by atoms with E-state index in [4.69, 9.17) is 9.47 Å². The van der Waals surface area contributed by atoms with Gasteiger partial charge in [0.15, 0.2) is 0 Å². The Bertz CT molecular complexity index is 256. The van der Waals surface area contributed by atoms with Gasteiger partial charge in [0.2, 0.25) is 0 Å². The molecule has 0 spiro atoms. The summed E-state index contributed by atoms with van der Waals surface area (Å²) in [5.74, 6) is -0.965. The van der Waals surface area contributed by atoms with E-state index >= 15 is 0 Å². The van der Waals surface area contributed by atoms with Gasteiger partial charge in [-0.15, -0.1) is 0 Å². The molecule has 0 aliphatic rings. The minimum Gasteiger partial charge on any atom is -0.421 e. The molecule has 98 valence electrons. The van der Waals surface area contributed by atoms with Crippen molar-refractivity contribution in [1.82, 2.24) is 4.90 Å². The first-order chi connectivity index (χ1) is 7.99. The zero-order valence-electron chi connectivity index (χ0n) is 10.9. The number of hydrogen-bond donors (Lipinski definition) is 0. The summed E-state index contributed by atoms with van der Waals surface area (Å²) >= 11 is 0. The van der Waals surface area contributed by atoms with Gasteiger partial charge in [0.05, 0.1) is 0 Å². The number of ether oxygens (including phenoxy) is 2. The summed E-state index contributed by atoms with van der Waals surface area (Å²) in [5.41, 5.74) is 0. The van der Waals surface area contributed by atoms with Gasteiger partial charge in [-0.3, -0.25) is 9.59 Å². The van der Waals surface area contributed by atoms with Gasteiger partial charge in [-0.2, -0.15) is 0 Å². The molecule has 0 rings (SSSR count). The average molecular weight is 243 g/mol. The lowest BCUT2D eigenvalue weighted by Crippen LogP contribution is -2.24. The zero-order valence-corrected chi connectivity index (χ0v) is 10.9. The molecule has 17 heavy (non-hydrogen) atoms. The van der Waals surface area contributed by atoms with Crippen LogP contribution >= 0.6 is 0 Å². The Labute approximate surface area is 102 Å². The van der Waals surface area contributed by atoms with Crippen LogP contribution in [0.15, 0.2) is 12.2 Å². The maximum Gasteiger partial charge on any atom is 0.305 e. The summed E-state index contributed by atoms with van der Waals surface area (Å²) in [5, 5.41) is 0. The lowest BCUT2D eigenvalue weighted by Gasteiger charge is -2.16. The van der Waals surface area contributed by atoms with E-state index in [0.29, 0.717) is 0 Å². The monoisotopic (exact) mass is 243 g/mol. The van der Waals surface area contributed by atoms with Crippen molar-refractivity contribution in [2.24, 2.45) is 0 Å². The van der Waals surface area contributed by atoms with Crippen molar-refractivity contribution < 1.29 is 19.1 Å². The minimum absolute atomic E-state index is 0.483. The molecule has 0 saturated heterocycles. The van der Waals surface area contributed by atoms with Gasteiger partial charge in [0.1, 0.15) is 0 Å². The van der Waals surface area contributed by atoms with Crippen molar-refractivity contribution in [2.45, 2.75) is 34.0 Å². The number of carbonyl (C=O) groups is 2. The van der Waals surface area contributed by atoms with E-state index in [9.17, 15) is 9.59 Å². The number of hydrogen-bond acceptors (Lipinski definition) is 5. The molecule has 5 nitrogen and oxygen atoms in total. The third-order valence-corrected chi connectivity index (χ3v) is 2.12. The van der Waals surface area contributed by atoms with Crippen LogP contribution in [0.4, 0.5) is 0 Å². The molecular formula is C12H21NO4. The summed E-state index contributed by atoms with van der Waals surface area (Å²) in [6, 6.07) is 0. The number of nitrogens with zero attached hydrogens (tertiary/aromatic N) is 1. The van der Waals surface area contributed by atoms with E-state index in [1.807, 2.05) is 6.08 Å². The maximum atomic E-state index is 10.8. The summed E-state index contributed by atoms with van der Waals surface area (Å²) in [4.78, 5) is 23.8. The molecule has 0 unspecified atom stereocenters. The highest BCUT2D eigenvalue weighted by atomic mass is 16.7. The van der Waals surface area contributed by atoms with Crippen molar-refractivity contribution in [3.63, 3.8) is 0 Å². The van der Waals surface area contributed by atoms with E-state index in [0.717, 1.165) is 19.6 Å². The molecular weight excluding hydrogens is 222 g/mol. The lowest BCUT2D eigenvalue weighted by molar-refractivity contribution is -0.176. The Balaban J connectivity index is 4.25. The first-order valence-electron chi connectivity index (χ1n) is 5.73. The third-order valence-electron chi connectivity index (χ3n) is 2.12. The topological polar surface area (TPSA) is 55.8 Å². The fourth-order valence-electron chi connectivity index (χ4n) is 1.23. The maximum absolute atomic E-state index is 10.8. The Morgan fingerprint density at radius 2 is 1.59 bits per heavy atom. The summed E-state index contributed by atoms with van der Waals surface area (Å²) < 4.78 is 9.65. The molecule has 5 heteroatoms. The molecule has 0 aromatic rings. The molecule has 0 saturated carbocycles. The van der Waals surface area contributed by atoms with Gasteiger partial charge < -0.3 is 14.4 Å². The van der Waals surface area contributed by atoms with Gasteiger partial charge in [-0.1, -0.05) is 19.9 Å². The number of rotatable bonds is 7. The summed E-state index contributed by atoms with van der Waals surface area (Å²) in [7, 11) is 0. The molecule has 0 fully saturated rings. The standard InChI is InChI=1S/C12H21NO4/c1-5-13(6-2)9-7-8-12(16-10(3)14)17-11(4)15/h7-8,12H,5-6,9H2,1-4H3. The van der Waals surface area contributed by atoms with Crippen molar-refractivity contribution in [2.75, 3.05) is 19.6 Å². The Kier molecular flexibility index (Phi) is 8.05. The fourth-order valence-corrected chi connectivity index (χ4v) is 1.23. The van der Waals surface area contributed by atoms with Crippen LogP contribution < -0.4 is 0 Å². The van der Waals surface area contributed by atoms with E-state index in [2.05, 4.69) is 18.7 Å². The van der Waals surface area contributed by atoms with Crippen LogP contribution in [0, 0.1) is 0 Å². The van der Waals surface area contributed by atoms with Crippen LogP contribution in [-0.2, 0) is 19.1 Å². The van der Waals surface area contributed by atoms with Crippen LogP contribution in [0.25, 0.3) is 0 Å². The highest BCUT2D eigenvalue weighted by molar-refractivity contribution is 5.68. The van der Waals surface area contributed by atoms with Crippen molar-refractivity contribution in [3.8, 4) is 0 Å². The molecule has 0 N–H and O–H groups in total.